The molecule has 58 heavy (non-hydrogen) atoms. The molecular formula is C44H61N5O9. The van der Waals surface area contributed by atoms with Crippen LogP contribution in [0.25, 0.3) is 0 Å². The van der Waals surface area contributed by atoms with Crippen molar-refractivity contribution in [1.29, 1.82) is 0 Å². The summed E-state index contributed by atoms with van der Waals surface area (Å²) in [4.78, 5) is 81.7. The van der Waals surface area contributed by atoms with E-state index < -0.39 is 59.9 Å². The van der Waals surface area contributed by atoms with Crippen LogP contribution >= 0.6 is 0 Å². The standard InChI is InChI=1S/C44H61N5O9/c1-30(2)26-35(46-43(56)58-44(3,4)5)23-22-34(27-31-14-8-6-9-15-31)40(52)48-25-13-19-37(48)49(29-50)38(33-20-21-33)39(51)47-36(41(53)54)18-12-24-45-42(55)57-28-32-16-10-7-11-17-32/h6-11,14-17,22-23,29-30,33-38H,12-13,18-21,24-28H2,1-5H3,(H,45,55)(H,46,56)(H,47,51)(H,53,54)/b23-22+/t34-,35+,36-,37+,38-/m0/s1. The first kappa shape index (κ1) is 45.3. The summed E-state index contributed by atoms with van der Waals surface area (Å²) in [5.41, 5.74) is 1.08. The summed E-state index contributed by atoms with van der Waals surface area (Å²) in [7, 11) is 0. The van der Waals surface area contributed by atoms with Crippen LogP contribution in [-0.2, 0) is 41.7 Å². The van der Waals surface area contributed by atoms with Gasteiger partial charge in [0.2, 0.25) is 18.2 Å². The SMILES string of the molecule is CC(C)C[C@@H](/C=C/[C@@H](Cc1ccccc1)C(=O)N1CCC[C@H]1N(C=O)[C@H](C(=O)N[C@@H](CCCNC(=O)OCc1ccccc1)C(=O)O)C1CC1)NC(=O)OC(C)(C)C. The van der Waals surface area contributed by atoms with Crippen LogP contribution in [0.1, 0.15) is 90.7 Å². The monoisotopic (exact) mass is 803 g/mol. The summed E-state index contributed by atoms with van der Waals surface area (Å²) in [6.45, 7) is 10.1. The predicted octanol–water partition coefficient (Wildman–Crippen LogP) is 5.80. The number of likely N-dealkylation sites (tertiary alicyclic amines) is 1. The number of hydrogen-bond acceptors (Lipinski definition) is 8. The first-order valence-corrected chi connectivity index (χ1v) is 20.4. The lowest BCUT2D eigenvalue weighted by Crippen LogP contribution is -2.58. The average Bonchev–Trinajstić information content (AvgIpc) is 3.89. The van der Waals surface area contributed by atoms with Crippen molar-refractivity contribution >= 4 is 36.4 Å². The van der Waals surface area contributed by atoms with Crippen molar-refractivity contribution in [1.82, 2.24) is 25.8 Å². The molecule has 0 bridgehead atoms. The summed E-state index contributed by atoms with van der Waals surface area (Å²) in [5.74, 6) is -2.66. The highest BCUT2D eigenvalue weighted by Gasteiger charge is 2.46. The summed E-state index contributed by atoms with van der Waals surface area (Å²) < 4.78 is 10.7. The van der Waals surface area contributed by atoms with Crippen molar-refractivity contribution in [3.8, 4) is 0 Å². The Labute approximate surface area is 342 Å². The number of carboxylic acids is 1. The van der Waals surface area contributed by atoms with Gasteiger partial charge >= 0.3 is 18.2 Å². The first-order valence-electron chi connectivity index (χ1n) is 20.4. The molecular weight excluding hydrogens is 743 g/mol. The van der Waals surface area contributed by atoms with Crippen molar-refractivity contribution in [2.75, 3.05) is 13.1 Å². The van der Waals surface area contributed by atoms with Crippen LogP contribution in [-0.4, -0.2) is 94.3 Å². The van der Waals surface area contributed by atoms with Gasteiger partial charge in [0.15, 0.2) is 0 Å². The van der Waals surface area contributed by atoms with Crippen LogP contribution in [0.4, 0.5) is 9.59 Å². The Balaban J connectivity index is 1.45. The highest BCUT2D eigenvalue weighted by molar-refractivity contribution is 5.89. The Kier molecular flexibility index (Phi) is 17.1. The molecule has 2 aromatic rings. The summed E-state index contributed by atoms with van der Waals surface area (Å²) in [5, 5.41) is 18.2. The molecule has 2 aromatic carbocycles. The molecule has 2 fully saturated rings. The molecule has 1 saturated carbocycles. The number of carboxylic acid groups (broad SMARTS) is 1. The Morgan fingerprint density at radius 3 is 2.16 bits per heavy atom. The smallest absolute Gasteiger partial charge is 0.408 e. The fourth-order valence-electron chi connectivity index (χ4n) is 7.17. The third-order valence-corrected chi connectivity index (χ3v) is 10.0. The van der Waals surface area contributed by atoms with E-state index in [1.807, 2.05) is 86.7 Å². The number of amides is 5. The average molecular weight is 804 g/mol. The van der Waals surface area contributed by atoms with Gasteiger partial charge in [-0.3, -0.25) is 14.4 Å². The molecule has 4 N–H and O–H groups in total. The van der Waals surface area contributed by atoms with Gasteiger partial charge in [-0.1, -0.05) is 86.7 Å². The second kappa shape index (κ2) is 21.9. The number of carbonyl (C=O) groups excluding carboxylic acids is 5. The van der Waals surface area contributed by atoms with Gasteiger partial charge in [-0.05, 0) is 95.1 Å². The Morgan fingerprint density at radius 2 is 1.57 bits per heavy atom. The minimum atomic E-state index is -1.26. The van der Waals surface area contributed by atoms with E-state index in [1.165, 1.54) is 4.90 Å². The number of nitrogens with one attached hydrogen (secondary N) is 3. The summed E-state index contributed by atoms with van der Waals surface area (Å²) in [6, 6.07) is 16.1. The molecule has 0 aromatic heterocycles. The van der Waals surface area contributed by atoms with Crippen LogP contribution in [0.5, 0.6) is 0 Å². The molecule has 5 atom stereocenters. The van der Waals surface area contributed by atoms with Crippen molar-refractivity contribution in [3.63, 3.8) is 0 Å². The maximum Gasteiger partial charge on any atom is 0.408 e. The first-order chi connectivity index (χ1) is 27.6. The van der Waals surface area contributed by atoms with Gasteiger partial charge in [0.25, 0.3) is 0 Å². The van der Waals surface area contributed by atoms with Crippen LogP contribution in [0.2, 0.25) is 0 Å². The molecule has 1 heterocycles. The molecule has 0 radical (unpaired) electrons. The van der Waals surface area contributed by atoms with Crippen LogP contribution in [0, 0.1) is 17.8 Å². The molecule has 14 heteroatoms. The van der Waals surface area contributed by atoms with Crippen molar-refractivity contribution in [3.05, 3.63) is 83.9 Å². The predicted molar refractivity (Wildman–Crippen MR) is 218 cm³/mol. The highest BCUT2D eigenvalue weighted by atomic mass is 16.6. The maximum atomic E-state index is 14.6. The van der Waals surface area contributed by atoms with E-state index >= 15 is 0 Å². The number of hydrogen-bond donors (Lipinski definition) is 4. The quantitative estimate of drug-likeness (QED) is 0.0688. The van der Waals surface area contributed by atoms with Crippen molar-refractivity contribution < 1.29 is 43.3 Å². The molecule has 0 spiro atoms. The van der Waals surface area contributed by atoms with E-state index in [4.69, 9.17) is 9.47 Å². The molecule has 4 rings (SSSR count). The van der Waals surface area contributed by atoms with E-state index in [0.29, 0.717) is 51.5 Å². The Morgan fingerprint density at radius 1 is 0.914 bits per heavy atom. The van der Waals surface area contributed by atoms with Crippen LogP contribution in [0.15, 0.2) is 72.8 Å². The summed E-state index contributed by atoms with van der Waals surface area (Å²) in [6.07, 6.45) is 6.02. The lowest BCUT2D eigenvalue weighted by atomic mass is 9.95. The normalized spacial score (nSPS) is 17.5. The van der Waals surface area contributed by atoms with E-state index in [0.717, 1.165) is 11.1 Å². The van der Waals surface area contributed by atoms with Gasteiger partial charge in [-0.25, -0.2) is 14.4 Å². The van der Waals surface area contributed by atoms with Gasteiger partial charge in [0.1, 0.15) is 30.5 Å². The van der Waals surface area contributed by atoms with Gasteiger partial charge in [0.05, 0.1) is 12.0 Å². The largest absolute Gasteiger partial charge is 0.480 e. The van der Waals surface area contributed by atoms with E-state index in [9.17, 15) is 33.9 Å². The zero-order valence-corrected chi connectivity index (χ0v) is 34.4. The number of benzene rings is 2. The third-order valence-electron chi connectivity index (χ3n) is 10.0. The van der Waals surface area contributed by atoms with Crippen molar-refractivity contribution in [2.45, 2.75) is 122 Å². The Hall–Kier alpha value is -5.40. The minimum absolute atomic E-state index is 0.0284. The topological polar surface area (TPSA) is 184 Å². The van der Waals surface area contributed by atoms with E-state index in [1.54, 1.807) is 25.7 Å². The third kappa shape index (κ3) is 14.8. The molecule has 0 unspecified atom stereocenters. The molecule has 316 valence electrons. The molecule has 14 nitrogen and oxygen atoms in total. The maximum absolute atomic E-state index is 14.6. The molecule has 5 amide bonds. The lowest BCUT2D eigenvalue weighted by molar-refractivity contribution is -0.148. The zero-order chi connectivity index (χ0) is 42.2. The number of ether oxygens (including phenoxy) is 2. The van der Waals surface area contributed by atoms with Gasteiger partial charge < -0.3 is 40.3 Å². The fraction of sp³-hybridized carbons (Fsp3) is 0.545. The van der Waals surface area contributed by atoms with Gasteiger partial charge in [-0.2, -0.15) is 0 Å². The number of aliphatic carboxylic acids is 1. The second-order valence-electron chi connectivity index (χ2n) is 16.6. The fourth-order valence-corrected chi connectivity index (χ4v) is 7.17. The van der Waals surface area contributed by atoms with Crippen molar-refractivity contribution in [2.24, 2.45) is 17.8 Å². The van der Waals surface area contributed by atoms with E-state index in [2.05, 4.69) is 16.0 Å². The minimum Gasteiger partial charge on any atom is -0.480 e. The van der Waals surface area contributed by atoms with E-state index in [-0.39, 0.29) is 43.7 Å². The Bertz CT molecular complexity index is 1690. The molecule has 1 saturated heterocycles. The molecule has 1 aliphatic carbocycles. The van der Waals surface area contributed by atoms with Crippen LogP contribution < -0.4 is 16.0 Å². The number of alkyl carbamates (subject to hydrolysis) is 2. The molecule has 2 aliphatic rings. The van der Waals surface area contributed by atoms with Gasteiger partial charge in [-0.15, -0.1) is 0 Å². The zero-order valence-electron chi connectivity index (χ0n) is 34.4. The van der Waals surface area contributed by atoms with Gasteiger partial charge in [0, 0.05) is 13.1 Å². The molecule has 1 aliphatic heterocycles. The highest BCUT2D eigenvalue weighted by Crippen LogP contribution is 2.38. The number of rotatable bonds is 21. The second-order valence-corrected chi connectivity index (χ2v) is 16.6. The summed E-state index contributed by atoms with van der Waals surface area (Å²) >= 11 is 0. The lowest BCUT2D eigenvalue weighted by Gasteiger charge is -2.38. The van der Waals surface area contributed by atoms with Crippen LogP contribution in [0.3, 0.4) is 0 Å². The number of carbonyl (C=O) groups is 6. The number of nitrogens with zero attached hydrogens (tertiary/aromatic N) is 2.